The molecule has 2 amide bonds. The molecule has 24 heavy (non-hydrogen) atoms. The standard InChI is InChI=1S/C16H17N5O3/c1-21-11-5-3-2-4-10(11)19-13(21)8-12(24-15(18)23)14(22)20-16(9-17)6-7-16/h2-5,12H,6-8H2,1H3,(H2,18,23)(H,20,22)/t12-/m0/s1. The minimum atomic E-state index is -1.14. The van der Waals surface area contributed by atoms with Crippen molar-refractivity contribution in [2.24, 2.45) is 12.8 Å². The normalized spacial score (nSPS) is 16.2. The van der Waals surface area contributed by atoms with Crippen molar-refractivity contribution in [3.8, 4) is 6.07 Å². The summed E-state index contributed by atoms with van der Waals surface area (Å²) in [5.41, 5.74) is 5.92. The molecule has 1 aromatic carbocycles. The molecule has 0 bridgehead atoms. The molecule has 1 aliphatic carbocycles. The van der Waals surface area contributed by atoms with Crippen LogP contribution in [0.25, 0.3) is 11.0 Å². The van der Waals surface area contributed by atoms with Crippen LogP contribution in [0, 0.1) is 11.3 Å². The quantitative estimate of drug-likeness (QED) is 0.839. The maximum atomic E-state index is 12.4. The third-order valence-electron chi connectivity index (χ3n) is 4.13. The number of hydrogen-bond acceptors (Lipinski definition) is 5. The number of nitriles is 1. The van der Waals surface area contributed by atoms with E-state index in [1.54, 1.807) is 0 Å². The lowest BCUT2D eigenvalue weighted by Crippen LogP contribution is -2.45. The number of para-hydroxylation sites is 2. The molecule has 3 rings (SSSR count). The van der Waals surface area contributed by atoms with E-state index in [0.717, 1.165) is 11.0 Å². The van der Waals surface area contributed by atoms with Gasteiger partial charge in [0.25, 0.3) is 5.91 Å². The summed E-state index contributed by atoms with van der Waals surface area (Å²) in [4.78, 5) is 28.0. The van der Waals surface area contributed by atoms with Crippen molar-refractivity contribution < 1.29 is 14.3 Å². The average molecular weight is 327 g/mol. The Kier molecular flexibility index (Phi) is 3.85. The molecular weight excluding hydrogens is 310 g/mol. The van der Waals surface area contributed by atoms with Crippen LogP contribution < -0.4 is 11.1 Å². The van der Waals surface area contributed by atoms with Crippen LogP contribution in [0.2, 0.25) is 0 Å². The fourth-order valence-corrected chi connectivity index (χ4v) is 2.58. The molecule has 1 heterocycles. The molecule has 0 unspecified atom stereocenters. The molecule has 2 aromatic rings. The first-order chi connectivity index (χ1) is 11.4. The zero-order chi connectivity index (χ0) is 17.3. The predicted octanol–water partition coefficient (Wildman–Crippen LogP) is 0.752. The number of rotatable bonds is 5. The van der Waals surface area contributed by atoms with Crippen molar-refractivity contribution in [2.75, 3.05) is 0 Å². The molecule has 1 aromatic heterocycles. The predicted molar refractivity (Wildman–Crippen MR) is 84.6 cm³/mol. The number of aryl methyl sites for hydroxylation is 1. The van der Waals surface area contributed by atoms with Gasteiger partial charge in [0.2, 0.25) is 0 Å². The summed E-state index contributed by atoms with van der Waals surface area (Å²) in [6, 6.07) is 9.59. The summed E-state index contributed by atoms with van der Waals surface area (Å²) in [7, 11) is 1.82. The highest BCUT2D eigenvalue weighted by Crippen LogP contribution is 2.34. The monoisotopic (exact) mass is 327 g/mol. The zero-order valence-corrected chi connectivity index (χ0v) is 13.2. The van der Waals surface area contributed by atoms with Crippen LogP contribution in [0.4, 0.5) is 4.79 Å². The van der Waals surface area contributed by atoms with Gasteiger partial charge in [-0.05, 0) is 25.0 Å². The molecule has 0 aliphatic heterocycles. The number of aromatic nitrogens is 2. The number of ether oxygens (including phenoxy) is 1. The Hall–Kier alpha value is -3.08. The third kappa shape index (κ3) is 3.01. The Morgan fingerprint density at radius 2 is 2.21 bits per heavy atom. The van der Waals surface area contributed by atoms with Gasteiger partial charge in [0.05, 0.1) is 23.5 Å². The molecule has 1 saturated carbocycles. The number of nitrogens with two attached hydrogens (primary N) is 1. The van der Waals surface area contributed by atoms with Crippen LogP contribution in [0.1, 0.15) is 18.7 Å². The molecule has 8 nitrogen and oxygen atoms in total. The van der Waals surface area contributed by atoms with Gasteiger partial charge in [-0.1, -0.05) is 12.1 Å². The van der Waals surface area contributed by atoms with Gasteiger partial charge in [-0.2, -0.15) is 5.26 Å². The first-order valence-electron chi connectivity index (χ1n) is 7.54. The van der Waals surface area contributed by atoms with Gasteiger partial charge in [0, 0.05) is 7.05 Å². The molecule has 1 atom stereocenters. The van der Waals surface area contributed by atoms with E-state index >= 15 is 0 Å². The lowest BCUT2D eigenvalue weighted by atomic mass is 10.2. The van der Waals surface area contributed by atoms with Gasteiger partial charge in [0.1, 0.15) is 11.4 Å². The summed E-state index contributed by atoms with van der Waals surface area (Å²) < 4.78 is 6.78. The smallest absolute Gasteiger partial charge is 0.405 e. The number of primary amides is 1. The zero-order valence-electron chi connectivity index (χ0n) is 13.2. The minimum Gasteiger partial charge on any atom is -0.436 e. The molecule has 124 valence electrons. The number of carbonyl (C=O) groups excluding carboxylic acids is 2. The molecule has 3 N–H and O–H groups in total. The van der Waals surface area contributed by atoms with Gasteiger partial charge >= 0.3 is 6.09 Å². The first-order valence-corrected chi connectivity index (χ1v) is 7.54. The van der Waals surface area contributed by atoms with E-state index in [1.807, 2.05) is 35.9 Å². The number of nitrogens with zero attached hydrogens (tertiary/aromatic N) is 3. The topological polar surface area (TPSA) is 123 Å². The Labute approximate surface area is 138 Å². The first kappa shape index (κ1) is 15.8. The average Bonchev–Trinajstić information content (AvgIpc) is 3.26. The van der Waals surface area contributed by atoms with Crippen molar-refractivity contribution in [2.45, 2.75) is 30.9 Å². The lowest BCUT2D eigenvalue weighted by molar-refractivity contribution is -0.130. The van der Waals surface area contributed by atoms with Crippen LogP contribution in [0.3, 0.4) is 0 Å². The Bertz CT molecular complexity index is 847. The van der Waals surface area contributed by atoms with Crippen LogP contribution in [0.5, 0.6) is 0 Å². The number of imidazole rings is 1. The minimum absolute atomic E-state index is 0.0709. The van der Waals surface area contributed by atoms with Gasteiger partial charge in [-0.25, -0.2) is 9.78 Å². The van der Waals surface area contributed by atoms with E-state index in [1.165, 1.54) is 0 Å². The number of carbonyl (C=O) groups is 2. The Balaban J connectivity index is 1.83. The molecule has 8 heteroatoms. The van der Waals surface area contributed by atoms with Crippen molar-refractivity contribution in [3.63, 3.8) is 0 Å². The molecular formula is C16H17N5O3. The van der Waals surface area contributed by atoms with Crippen LogP contribution in [-0.4, -0.2) is 33.2 Å². The third-order valence-corrected chi connectivity index (χ3v) is 4.13. The summed E-state index contributed by atoms with van der Waals surface area (Å²) in [5, 5.41) is 11.7. The SMILES string of the molecule is Cn1c(C[C@H](OC(N)=O)C(=O)NC2(C#N)CC2)nc2ccccc21. The van der Waals surface area contributed by atoms with Crippen molar-refractivity contribution >= 4 is 23.0 Å². The maximum Gasteiger partial charge on any atom is 0.405 e. The number of fused-ring (bicyclic) bond motifs is 1. The van der Waals surface area contributed by atoms with Gasteiger partial charge in [0.15, 0.2) is 6.10 Å². The van der Waals surface area contributed by atoms with E-state index in [-0.39, 0.29) is 6.42 Å². The molecule has 0 radical (unpaired) electrons. The van der Waals surface area contributed by atoms with Gasteiger partial charge in [-0.15, -0.1) is 0 Å². The largest absolute Gasteiger partial charge is 0.436 e. The maximum absolute atomic E-state index is 12.4. The van der Waals surface area contributed by atoms with E-state index in [4.69, 9.17) is 15.7 Å². The highest BCUT2D eigenvalue weighted by molar-refractivity contribution is 5.85. The van der Waals surface area contributed by atoms with Crippen LogP contribution in [-0.2, 0) is 23.0 Å². The second-order valence-corrected chi connectivity index (χ2v) is 5.89. The number of benzene rings is 1. The summed E-state index contributed by atoms with van der Waals surface area (Å²) >= 11 is 0. The molecule has 1 fully saturated rings. The van der Waals surface area contributed by atoms with Crippen molar-refractivity contribution in [3.05, 3.63) is 30.1 Å². The highest BCUT2D eigenvalue weighted by Gasteiger charge is 2.46. The van der Waals surface area contributed by atoms with Gasteiger partial charge in [-0.3, -0.25) is 4.79 Å². The Morgan fingerprint density at radius 3 is 2.79 bits per heavy atom. The second-order valence-electron chi connectivity index (χ2n) is 5.89. The molecule has 1 aliphatic rings. The highest BCUT2D eigenvalue weighted by atomic mass is 16.6. The number of amides is 2. The summed E-state index contributed by atoms with van der Waals surface area (Å²) in [6.45, 7) is 0. The fourth-order valence-electron chi connectivity index (χ4n) is 2.58. The van der Waals surface area contributed by atoms with Gasteiger partial charge < -0.3 is 20.4 Å². The molecule has 0 saturated heterocycles. The Morgan fingerprint density at radius 1 is 1.50 bits per heavy atom. The lowest BCUT2D eigenvalue weighted by Gasteiger charge is -2.18. The summed E-state index contributed by atoms with van der Waals surface area (Å²) in [6.07, 6.45) is -0.934. The van der Waals surface area contributed by atoms with Crippen molar-refractivity contribution in [1.29, 1.82) is 5.26 Å². The van der Waals surface area contributed by atoms with Crippen LogP contribution in [0.15, 0.2) is 24.3 Å². The van der Waals surface area contributed by atoms with E-state index in [9.17, 15) is 9.59 Å². The van der Waals surface area contributed by atoms with E-state index in [0.29, 0.717) is 18.7 Å². The van der Waals surface area contributed by atoms with Crippen molar-refractivity contribution in [1.82, 2.24) is 14.9 Å². The summed E-state index contributed by atoms with van der Waals surface area (Å²) in [5.74, 6) is 0.0410. The second kappa shape index (κ2) is 5.85. The van der Waals surface area contributed by atoms with E-state index in [2.05, 4.69) is 16.4 Å². The molecule has 0 spiro atoms. The van der Waals surface area contributed by atoms with Crippen LogP contribution >= 0.6 is 0 Å². The number of hydrogen-bond donors (Lipinski definition) is 2. The fraction of sp³-hybridized carbons (Fsp3) is 0.375. The number of nitrogens with one attached hydrogen (secondary N) is 1. The van der Waals surface area contributed by atoms with E-state index < -0.39 is 23.6 Å².